The number of amides is 3. The number of carbonyl (C=O) groups excluding carboxylic acids is 3. The molecule has 4 rings (SSSR count). The maximum Gasteiger partial charge on any atom is 0.408 e. The zero-order valence-corrected chi connectivity index (χ0v) is 24.3. The first-order valence-electron chi connectivity index (χ1n) is 14.2. The van der Waals surface area contributed by atoms with Crippen molar-refractivity contribution in [2.75, 3.05) is 25.0 Å². The summed E-state index contributed by atoms with van der Waals surface area (Å²) in [7, 11) is 0. The predicted molar refractivity (Wildman–Crippen MR) is 155 cm³/mol. The Morgan fingerprint density at radius 3 is 2.57 bits per heavy atom. The number of fused-ring (bicyclic) bond motifs is 1. The predicted octanol–water partition coefficient (Wildman–Crippen LogP) is 4.18. The lowest BCUT2D eigenvalue weighted by atomic mass is 9.93. The monoisotopic (exact) mass is 607 g/mol. The van der Waals surface area contributed by atoms with Gasteiger partial charge in [-0.25, -0.2) is 0 Å². The molecule has 0 saturated carbocycles. The molecule has 12 heteroatoms. The molecule has 4 N–H and O–H groups in total. The van der Waals surface area contributed by atoms with Crippen LogP contribution in [-0.4, -0.2) is 71.5 Å². The van der Waals surface area contributed by atoms with E-state index in [4.69, 9.17) is 17.3 Å². The van der Waals surface area contributed by atoms with E-state index >= 15 is 0 Å². The van der Waals surface area contributed by atoms with Crippen LogP contribution in [0.15, 0.2) is 42.5 Å². The third-order valence-electron chi connectivity index (χ3n) is 7.95. The van der Waals surface area contributed by atoms with Crippen LogP contribution in [0.4, 0.5) is 18.9 Å². The molecule has 2 heterocycles. The van der Waals surface area contributed by atoms with Gasteiger partial charge in [0.05, 0.1) is 6.04 Å². The summed E-state index contributed by atoms with van der Waals surface area (Å²) in [5.74, 6) is -1.28. The molecule has 1 fully saturated rings. The minimum absolute atomic E-state index is 0.0439. The van der Waals surface area contributed by atoms with Crippen molar-refractivity contribution in [3.8, 4) is 0 Å². The molecule has 3 amide bonds. The van der Waals surface area contributed by atoms with Gasteiger partial charge in [0.15, 0.2) is 0 Å². The third-order valence-corrected chi connectivity index (χ3v) is 8.37. The lowest BCUT2D eigenvalue weighted by Crippen LogP contribution is -2.55. The Kier molecular flexibility index (Phi) is 10.5. The second-order valence-electron chi connectivity index (χ2n) is 10.9. The Morgan fingerprint density at radius 2 is 1.88 bits per heavy atom. The van der Waals surface area contributed by atoms with Crippen molar-refractivity contribution in [2.45, 2.75) is 76.3 Å². The number of nitrogens with one attached hydrogen (secondary N) is 2. The number of nitrogens with two attached hydrogens (primary N) is 1. The number of nitrogens with zero attached hydrogens (tertiary/aromatic N) is 2. The molecule has 0 aliphatic carbocycles. The van der Waals surface area contributed by atoms with Crippen molar-refractivity contribution < 1.29 is 27.6 Å². The molecule has 2 aromatic carbocycles. The van der Waals surface area contributed by atoms with Gasteiger partial charge in [0.25, 0.3) is 0 Å². The van der Waals surface area contributed by atoms with Gasteiger partial charge in [0.2, 0.25) is 17.7 Å². The van der Waals surface area contributed by atoms with Crippen LogP contribution in [0.2, 0.25) is 5.02 Å². The number of aryl methyl sites for hydroxylation is 1. The van der Waals surface area contributed by atoms with Crippen LogP contribution in [0.1, 0.15) is 48.8 Å². The SMILES string of the molecule is Cc1cc(NC(=O)[C@H](CCN)NC(=O)[C@@H]2Cc3ccccc3CN2CCCC(=O)N2CCCC2C(F)(F)F)ccc1Cl. The van der Waals surface area contributed by atoms with E-state index in [9.17, 15) is 27.6 Å². The molecule has 42 heavy (non-hydrogen) atoms. The van der Waals surface area contributed by atoms with Gasteiger partial charge < -0.3 is 21.3 Å². The number of likely N-dealkylation sites (tertiary alicyclic amines) is 1. The molecule has 0 bridgehead atoms. The smallest absolute Gasteiger partial charge is 0.343 e. The summed E-state index contributed by atoms with van der Waals surface area (Å²) < 4.78 is 40.0. The number of anilines is 1. The van der Waals surface area contributed by atoms with Crippen molar-refractivity contribution >= 4 is 35.0 Å². The van der Waals surface area contributed by atoms with Crippen LogP contribution in [0.25, 0.3) is 0 Å². The standard InChI is InChI=1S/C30H37ClF3N5O3/c1-19-16-22(10-11-23(19)31)36-28(41)24(12-13-35)37-29(42)25-17-20-6-2-3-7-21(20)18-38(25)14-5-9-27(40)39-15-4-8-26(39)30(32,33)34/h2-3,6-7,10-11,16,24-26H,4-5,8-9,12-15,17-18,35H2,1H3,(H,36,41)(H,37,42)/t24-,25-,26?/m0/s1. The summed E-state index contributed by atoms with van der Waals surface area (Å²) in [6, 6.07) is 9.58. The van der Waals surface area contributed by atoms with Crippen LogP contribution < -0.4 is 16.4 Å². The number of rotatable bonds is 10. The maximum absolute atomic E-state index is 13.6. The van der Waals surface area contributed by atoms with Crippen LogP contribution in [0.5, 0.6) is 0 Å². The largest absolute Gasteiger partial charge is 0.408 e. The Labute approximate surface area is 248 Å². The van der Waals surface area contributed by atoms with E-state index in [-0.39, 0.29) is 38.3 Å². The molecule has 0 aromatic heterocycles. The maximum atomic E-state index is 13.6. The van der Waals surface area contributed by atoms with Gasteiger partial charge in [-0.05, 0) is 87.0 Å². The summed E-state index contributed by atoms with van der Waals surface area (Å²) >= 11 is 6.09. The van der Waals surface area contributed by atoms with Gasteiger partial charge in [-0.1, -0.05) is 35.9 Å². The number of alkyl halides is 3. The number of halogens is 4. The molecular weight excluding hydrogens is 571 g/mol. The average molecular weight is 608 g/mol. The average Bonchev–Trinajstić information content (AvgIpc) is 3.45. The van der Waals surface area contributed by atoms with E-state index in [0.717, 1.165) is 21.6 Å². The topological polar surface area (TPSA) is 108 Å². The van der Waals surface area contributed by atoms with Crippen molar-refractivity contribution in [3.63, 3.8) is 0 Å². The van der Waals surface area contributed by atoms with Gasteiger partial charge in [-0.2, -0.15) is 13.2 Å². The first-order valence-corrected chi connectivity index (χ1v) is 14.6. The normalized spacial score (nSPS) is 19.7. The lowest BCUT2D eigenvalue weighted by Gasteiger charge is -2.37. The molecule has 1 saturated heterocycles. The van der Waals surface area contributed by atoms with Gasteiger partial charge in [-0.15, -0.1) is 0 Å². The summed E-state index contributed by atoms with van der Waals surface area (Å²) in [5.41, 5.74) is 9.15. The van der Waals surface area contributed by atoms with Gasteiger partial charge in [-0.3, -0.25) is 19.3 Å². The summed E-state index contributed by atoms with van der Waals surface area (Å²) in [4.78, 5) is 42.3. The molecular formula is C30H37ClF3N5O3. The Morgan fingerprint density at radius 1 is 1.14 bits per heavy atom. The number of carbonyl (C=O) groups is 3. The quantitative estimate of drug-likeness (QED) is 0.376. The zero-order chi connectivity index (χ0) is 30.4. The van der Waals surface area contributed by atoms with E-state index in [1.807, 2.05) is 36.1 Å². The Balaban J connectivity index is 1.42. The van der Waals surface area contributed by atoms with Crippen molar-refractivity contribution in [2.24, 2.45) is 5.73 Å². The van der Waals surface area contributed by atoms with Crippen LogP contribution >= 0.6 is 11.6 Å². The van der Waals surface area contributed by atoms with E-state index in [0.29, 0.717) is 43.1 Å². The molecule has 2 aromatic rings. The number of hydrogen-bond acceptors (Lipinski definition) is 5. The van der Waals surface area contributed by atoms with Gasteiger partial charge >= 0.3 is 6.18 Å². The summed E-state index contributed by atoms with van der Waals surface area (Å²) in [6.07, 6.45) is -3.31. The fourth-order valence-corrected chi connectivity index (χ4v) is 5.83. The first-order chi connectivity index (χ1) is 20.0. The second-order valence-corrected chi connectivity index (χ2v) is 11.3. The summed E-state index contributed by atoms with van der Waals surface area (Å²) in [6.45, 7) is 2.87. The molecule has 0 spiro atoms. The van der Waals surface area contributed by atoms with E-state index in [1.54, 1.807) is 18.2 Å². The van der Waals surface area contributed by atoms with Gasteiger partial charge in [0.1, 0.15) is 12.1 Å². The first kappa shape index (κ1) is 31.8. The van der Waals surface area contributed by atoms with E-state index in [2.05, 4.69) is 10.6 Å². The molecule has 2 aliphatic heterocycles. The van der Waals surface area contributed by atoms with Gasteiger partial charge in [0, 0.05) is 30.2 Å². The molecule has 3 atom stereocenters. The van der Waals surface area contributed by atoms with Crippen molar-refractivity contribution in [1.82, 2.24) is 15.1 Å². The van der Waals surface area contributed by atoms with Crippen molar-refractivity contribution in [1.29, 1.82) is 0 Å². The highest BCUT2D eigenvalue weighted by Gasteiger charge is 2.47. The molecule has 8 nitrogen and oxygen atoms in total. The third kappa shape index (κ3) is 7.81. The van der Waals surface area contributed by atoms with Crippen LogP contribution in [0.3, 0.4) is 0 Å². The molecule has 2 aliphatic rings. The van der Waals surface area contributed by atoms with E-state index < -0.39 is 36.1 Å². The minimum atomic E-state index is -4.44. The Hall–Kier alpha value is -3.15. The highest BCUT2D eigenvalue weighted by molar-refractivity contribution is 6.31. The number of hydrogen-bond donors (Lipinski definition) is 3. The van der Waals surface area contributed by atoms with Crippen molar-refractivity contribution in [3.05, 3.63) is 64.2 Å². The van der Waals surface area contributed by atoms with E-state index in [1.165, 1.54) is 0 Å². The molecule has 1 unspecified atom stereocenters. The molecule has 228 valence electrons. The zero-order valence-electron chi connectivity index (χ0n) is 23.6. The van der Waals surface area contributed by atoms with Crippen LogP contribution in [0, 0.1) is 6.92 Å². The fourth-order valence-electron chi connectivity index (χ4n) is 5.71. The van der Waals surface area contributed by atoms with Crippen LogP contribution in [-0.2, 0) is 27.3 Å². The molecule has 0 radical (unpaired) electrons. The number of benzene rings is 2. The minimum Gasteiger partial charge on any atom is -0.343 e. The summed E-state index contributed by atoms with van der Waals surface area (Å²) in [5, 5.41) is 6.25. The fraction of sp³-hybridized carbons (Fsp3) is 0.500. The highest BCUT2D eigenvalue weighted by Crippen LogP contribution is 2.33. The Bertz CT molecular complexity index is 1290. The second kappa shape index (κ2) is 13.9. The highest BCUT2D eigenvalue weighted by atomic mass is 35.5. The lowest BCUT2D eigenvalue weighted by molar-refractivity contribution is -0.182.